The summed E-state index contributed by atoms with van der Waals surface area (Å²) in [6.07, 6.45) is 5.29. The van der Waals surface area contributed by atoms with Gasteiger partial charge >= 0.3 is 0 Å². The van der Waals surface area contributed by atoms with Crippen LogP contribution in [0, 0.1) is 5.92 Å². The van der Waals surface area contributed by atoms with E-state index in [0.717, 1.165) is 15.5 Å². The highest BCUT2D eigenvalue weighted by molar-refractivity contribution is 14.1. The Morgan fingerprint density at radius 1 is 1.26 bits per heavy atom. The van der Waals surface area contributed by atoms with E-state index in [4.69, 9.17) is 4.74 Å². The van der Waals surface area contributed by atoms with Crippen molar-refractivity contribution in [1.82, 2.24) is 0 Å². The Labute approximate surface area is 139 Å². The van der Waals surface area contributed by atoms with Crippen molar-refractivity contribution in [3.05, 3.63) is 34.3 Å². The van der Waals surface area contributed by atoms with E-state index < -0.39 is 0 Å². The molecule has 0 bridgehead atoms. The predicted octanol–water partition coefficient (Wildman–Crippen LogP) is 6.16. The number of ether oxygens (including phenoxy) is 1. The molecule has 0 aliphatic rings. The molecule has 0 saturated carbocycles. The second kappa shape index (κ2) is 10.2. The monoisotopic (exact) mass is 438 g/mol. The molecule has 0 saturated heterocycles. The van der Waals surface area contributed by atoms with Gasteiger partial charge in [0.25, 0.3) is 0 Å². The van der Waals surface area contributed by atoms with Crippen molar-refractivity contribution < 1.29 is 4.74 Å². The highest BCUT2D eigenvalue weighted by atomic mass is 127. The summed E-state index contributed by atoms with van der Waals surface area (Å²) in [5.74, 6) is 0.702. The van der Waals surface area contributed by atoms with Crippen LogP contribution < -0.4 is 0 Å². The van der Waals surface area contributed by atoms with Gasteiger partial charge in [-0.25, -0.2) is 0 Å². The predicted molar refractivity (Wildman–Crippen MR) is 95.0 cm³/mol. The molecule has 0 N–H and O–H groups in total. The molecule has 0 amide bonds. The third-order valence-corrected chi connectivity index (χ3v) is 4.99. The average Bonchev–Trinajstić information content (AvgIpc) is 2.44. The maximum Gasteiger partial charge on any atom is 0.0925 e. The van der Waals surface area contributed by atoms with E-state index in [1.54, 1.807) is 0 Å². The van der Waals surface area contributed by atoms with Crippen molar-refractivity contribution in [3.63, 3.8) is 0 Å². The van der Waals surface area contributed by atoms with Crippen LogP contribution in [0.3, 0.4) is 0 Å². The molecule has 0 aromatic heterocycles. The first kappa shape index (κ1) is 17.4. The average molecular weight is 439 g/mol. The van der Waals surface area contributed by atoms with E-state index in [-0.39, 0.29) is 6.10 Å². The highest BCUT2D eigenvalue weighted by Gasteiger charge is 2.15. The summed E-state index contributed by atoms with van der Waals surface area (Å²) in [4.78, 5) is 0. The third-order valence-electron chi connectivity index (χ3n) is 3.47. The van der Waals surface area contributed by atoms with E-state index in [1.807, 2.05) is 6.07 Å². The van der Waals surface area contributed by atoms with E-state index in [1.165, 1.54) is 31.2 Å². The van der Waals surface area contributed by atoms with Crippen molar-refractivity contribution in [2.75, 3.05) is 11.0 Å². The van der Waals surface area contributed by atoms with Gasteiger partial charge in [0, 0.05) is 8.90 Å². The van der Waals surface area contributed by atoms with Gasteiger partial charge in [-0.1, -0.05) is 89.8 Å². The molecule has 0 aliphatic carbocycles. The summed E-state index contributed by atoms with van der Waals surface area (Å²) >= 11 is 6.03. The maximum absolute atomic E-state index is 6.17. The summed E-state index contributed by atoms with van der Waals surface area (Å²) in [5.41, 5.74) is 1.27. The van der Waals surface area contributed by atoms with E-state index in [2.05, 4.69) is 70.6 Å². The molecule has 0 aliphatic heterocycles. The lowest BCUT2D eigenvalue weighted by atomic mass is 10.0. The summed E-state index contributed by atoms with van der Waals surface area (Å²) in [6, 6.07) is 8.37. The van der Waals surface area contributed by atoms with Gasteiger partial charge in [-0.2, -0.15) is 0 Å². The van der Waals surface area contributed by atoms with Crippen LogP contribution >= 0.6 is 38.5 Å². The Kier molecular flexibility index (Phi) is 9.33. The second-order valence-corrected chi connectivity index (χ2v) is 6.65. The molecule has 108 valence electrons. The van der Waals surface area contributed by atoms with Gasteiger partial charge < -0.3 is 4.74 Å². The van der Waals surface area contributed by atoms with Crippen LogP contribution in [0.25, 0.3) is 0 Å². The first-order valence-corrected chi connectivity index (χ1v) is 9.46. The zero-order chi connectivity index (χ0) is 14.1. The molecule has 1 aromatic carbocycles. The minimum atomic E-state index is 0.201. The van der Waals surface area contributed by atoms with E-state index in [9.17, 15) is 0 Å². The molecule has 2 unspecified atom stereocenters. The fourth-order valence-corrected chi connectivity index (χ4v) is 3.37. The van der Waals surface area contributed by atoms with Crippen LogP contribution in [0.1, 0.15) is 51.2 Å². The van der Waals surface area contributed by atoms with Crippen LogP contribution in [0.4, 0.5) is 0 Å². The normalized spacial score (nSPS) is 14.3. The molecule has 2 atom stereocenters. The Hall–Kier alpha value is 0.390. The van der Waals surface area contributed by atoms with Gasteiger partial charge in [0.15, 0.2) is 0 Å². The lowest BCUT2D eigenvalue weighted by Gasteiger charge is -2.21. The standard InChI is InChI=1S/C16H24BrIO/c1-3-5-8-13(4-2)12-19-16(11-18)14-9-6-7-10-15(14)17/h6-7,9-10,13,16H,3-5,8,11-12H2,1-2H3. The minimum absolute atomic E-state index is 0.201. The molecule has 0 fully saturated rings. The molecular weight excluding hydrogens is 415 g/mol. The summed E-state index contributed by atoms with van der Waals surface area (Å²) < 4.78 is 8.31. The first-order valence-electron chi connectivity index (χ1n) is 7.14. The lowest BCUT2D eigenvalue weighted by Crippen LogP contribution is -2.14. The summed E-state index contributed by atoms with van der Waals surface area (Å²) in [6.45, 7) is 5.40. The van der Waals surface area contributed by atoms with Crippen LogP contribution in [0.15, 0.2) is 28.7 Å². The number of halogens is 2. The van der Waals surface area contributed by atoms with Crippen LogP contribution in [0.2, 0.25) is 0 Å². The molecule has 0 heterocycles. The van der Waals surface area contributed by atoms with Crippen LogP contribution in [0.5, 0.6) is 0 Å². The fourth-order valence-electron chi connectivity index (χ4n) is 2.10. The Morgan fingerprint density at radius 2 is 2.00 bits per heavy atom. The van der Waals surface area contributed by atoms with Crippen LogP contribution in [-0.2, 0) is 4.74 Å². The largest absolute Gasteiger partial charge is 0.372 e. The van der Waals surface area contributed by atoms with Gasteiger partial charge in [0.1, 0.15) is 0 Å². The number of rotatable bonds is 9. The second-order valence-electron chi connectivity index (χ2n) is 4.91. The Bertz CT molecular complexity index is 356. The zero-order valence-corrected chi connectivity index (χ0v) is 15.6. The minimum Gasteiger partial charge on any atom is -0.372 e. The molecule has 3 heteroatoms. The number of unbranched alkanes of at least 4 members (excludes halogenated alkanes) is 1. The molecule has 1 rings (SSSR count). The Balaban J connectivity index is 2.55. The van der Waals surface area contributed by atoms with Crippen molar-refractivity contribution in [1.29, 1.82) is 0 Å². The highest BCUT2D eigenvalue weighted by Crippen LogP contribution is 2.28. The Morgan fingerprint density at radius 3 is 2.58 bits per heavy atom. The van der Waals surface area contributed by atoms with Gasteiger partial charge in [-0.3, -0.25) is 0 Å². The van der Waals surface area contributed by atoms with E-state index in [0.29, 0.717) is 5.92 Å². The number of hydrogen-bond donors (Lipinski definition) is 0. The summed E-state index contributed by atoms with van der Waals surface area (Å²) in [7, 11) is 0. The molecule has 1 nitrogen and oxygen atoms in total. The van der Waals surface area contributed by atoms with Gasteiger partial charge in [0.2, 0.25) is 0 Å². The van der Waals surface area contributed by atoms with Crippen molar-refractivity contribution >= 4 is 38.5 Å². The summed E-state index contributed by atoms with van der Waals surface area (Å²) in [5, 5.41) is 0. The molecule has 0 spiro atoms. The SMILES string of the molecule is CCCCC(CC)COC(CI)c1ccccc1Br. The van der Waals surface area contributed by atoms with Gasteiger partial charge in [-0.15, -0.1) is 0 Å². The lowest BCUT2D eigenvalue weighted by molar-refractivity contribution is 0.0399. The quantitative estimate of drug-likeness (QED) is 0.331. The van der Waals surface area contributed by atoms with Crippen molar-refractivity contribution in [2.24, 2.45) is 5.92 Å². The fraction of sp³-hybridized carbons (Fsp3) is 0.625. The topological polar surface area (TPSA) is 9.23 Å². The molecular formula is C16H24BrIO. The van der Waals surface area contributed by atoms with Crippen LogP contribution in [-0.4, -0.2) is 11.0 Å². The number of hydrogen-bond acceptors (Lipinski definition) is 1. The molecule has 19 heavy (non-hydrogen) atoms. The number of benzene rings is 1. The van der Waals surface area contributed by atoms with E-state index >= 15 is 0 Å². The molecule has 1 aromatic rings. The third kappa shape index (κ3) is 6.13. The van der Waals surface area contributed by atoms with Gasteiger partial charge in [-0.05, 0) is 24.0 Å². The molecule has 0 radical (unpaired) electrons. The van der Waals surface area contributed by atoms with Crippen molar-refractivity contribution in [3.8, 4) is 0 Å². The first-order chi connectivity index (χ1) is 9.22. The zero-order valence-electron chi connectivity index (χ0n) is 11.9. The van der Waals surface area contributed by atoms with Gasteiger partial charge in [0.05, 0.1) is 12.7 Å². The maximum atomic E-state index is 6.17. The van der Waals surface area contributed by atoms with Crippen molar-refractivity contribution in [2.45, 2.75) is 45.6 Å². The number of alkyl halides is 1. The smallest absolute Gasteiger partial charge is 0.0925 e.